The number of hydrogen-bond donors (Lipinski definition) is 1. The molecule has 0 unspecified atom stereocenters. The van der Waals surface area contributed by atoms with E-state index in [0.717, 1.165) is 33.6 Å². The molecule has 6 aromatic rings. The van der Waals surface area contributed by atoms with Gasteiger partial charge >= 0.3 is 0 Å². The molecule has 0 radical (unpaired) electrons. The molecule has 7 nitrogen and oxygen atoms in total. The largest absolute Gasteiger partial charge is 0.383 e. The number of rotatable bonds is 9. The molecular weight excluding hydrogens is 532 g/mol. The van der Waals surface area contributed by atoms with Crippen LogP contribution in [0.25, 0.3) is 22.5 Å². The zero-order valence-electron chi connectivity index (χ0n) is 24.0. The van der Waals surface area contributed by atoms with Gasteiger partial charge in [0.05, 0.1) is 24.5 Å². The molecule has 0 saturated carbocycles. The third-order valence-electron chi connectivity index (χ3n) is 7.34. The first-order chi connectivity index (χ1) is 21.0. The highest BCUT2D eigenvalue weighted by atomic mass is 16.2. The summed E-state index contributed by atoms with van der Waals surface area (Å²) in [5, 5.41) is 4.96. The Labute approximate surface area is 251 Å². The van der Waals surface area contributed by atoms with Crippen LogP contribution in [0.5, 0.6) is 0 Å². The summed E-state index contributed by atoms with van der Waals surface area (Å²) in [5.74, 6) is 0.893. The molecule has 0 spiro atoms. The van der Waals surface area contributed by atoms with Crippen molar-refractivity contribution in [3.63, 3.8) is 0 Å². The van der Waals surface area contributed by atoms with Crippen LogP contribution in [0.1, 0.15) is 32.9 Å². The molecule has 43 heavy (non-hydrogen) atoms. The molecule has 0 saturated heterocycles. The van der Waals surface area contributed by atoms with E-state index in [1.54, 1.807) is 18.0 Å². The van der Waals surface area contributed by atoms with E-state index in [0.29, 0.717) is 42.4 Å². The van der Waals surface area contributed by atoms with Crippen molar-refractivity contribution in [2.75, 3.05) is 5.73 Å². The molecule has 0 atom stereocenters. The van der Waals surface area contributed by atoms with Crippen LogP contribution >= 0.6 is 0 Å². The quantitative estimate of drug-likeness (QED) is 0.209. The molecule has 0 fully saturated rings. The van der Waals surface area contributed by atoms with Gasteiger partial charge in [0.15, 0.2) is 0 Å². The van der Waals surface area contributed by atoms with Crippen molar-refractivity contribution in [3.8, 4) is 22.5 Å². The number of carbonyl (C=O) groups excluding carboxylic acids is 1. The van der Waals surface area contributed by atoms with Crippen LogP contribution in [0.4, 0.5) is 5.82 Å². The average molecular weight is 565 g/mol. The molecule has 212 valence electrons. The Morgan fingerprint density at radius 3 is 2.05 bits per heavy atom. The summed E-state index contributed by atoms with van der Waals surface area (Å²) >= 11 is 0. The van der Waals surface area contributed by atoms with Crippen LogP contribution in [0.2, 0.25) is 0 Å². The van der Waals surface area contributed by atoms with Crippen molar-refractivity contribution in [2.45, 2.75) is 26.6 Å². The summed E-state index contributed by atoms with van der Waals surface area (Å²) < 4.78 is 2.02. The first-order valence-electron chi connectivity index (χ1n) is 14.2. The first-order valence-corrected chi connectivity index (χ1v) is 14.2. The molecule has 1 amide bonds. The van der Waals surface area contributed by atoms with Crippen molar-refractivity contribution in [3.05, 3.63) is 156 Å². The molecule has 0 aliphatic rings. The number of nitrogens with zero attached hydrogens (tertiary/aromatic N) is 5. The summed E-state index contributed by atoms with van der Waals surface area (Å²) in [4.78, 5) is 24.2. The van der Waals surface area contributed by atoms with Crippen LogP contribution in [-0.2, 0) is 19.6 Å². The number of hydrogen-bond acceptors (Lipinski definition) is 5. The predicted molar refractivity (Wildman–Crippen MR) is 170 cm³/mol. The topological polar surface area (TPSA) is 89.9 Å². The molecule has 0 aliphatic carbocycles. The normalized spacial score (nSPS) is 10.9. The van der Waals surface area contributed by atoms with Gasteiger partial charge < -0.3 is 10.6 Å². The monoisotopic (exact) mass is 564 g/mol. The van der Waals surface area contributed by atoms with Crippen LogP contribution in [0.3, 0.4) is 0 Å². The van der Waals surface area contributed by atoms with Crippen LogP contribution in [-0.4, -0.2) is 30.6 Å². The molecule has 4 aromatic carbocycles. The Kier molecular flexibility index (Phi) is 8.04. The molecule has 7 heteroatoms. The molecule has 0 bridgehead atoms. The van der Waals surface area contributed by atoms with E-state index in [1.807, 2.05) is 95.7 Å². The second-order valence-electron chi connectivity index (χ2n) is 10.5. The van der Waals surface area contributed by atoms with Crippen LogP contribution in [0, 0.1) is 6.92 Å². The number of nitrogens with two attached hydrogens (primary N) is 1. The van der Waals surface area contributed by atoms with Crippen molar-refractivity contribution >= 4 is 11.7 Å². The Hall–Kier alpha value is -5.56. The highest BCUT2D eigenvalue weighted by molar-refractivity contribution is 5.94. The Balaban J connectivity index is 1.26. The van der Waals surface area contributed by atoms with Crippen LogP contribution < -0.4 is 5.73 Å². The molecular formula is C36H32N6O. The fraction of sp³-hybridized carbons (Fsp3) is 0.111. The maximum absolute atomic E-state index is 13.8. The number of aryl methyl sites for hydroxylation is 1. The molecule has 6 rings (SSSR count). The summed E-state index contributed by atoms with van der Waals surface area (Å²) in [6, 6.07) is 40.3. The van der Waals surface area contributed by atoms with Gasteiger partial charge in [-0.3, -0.25) is 9.48 Å². The van der Waals surface area contributed by atoms with Gasteiger partial charge in [0.2, 0.25) is 0 Å². The summed E-state index contributed by atoms with van der Waals surface area (Å²) in [6.45, 7) is 3.10. The third-order valence-corrected chi connectivity index (χ3v) is 7.34. The SMILES string of the molecule is Cc1ncc(CN(Cc2ccccc2)C(=O)c2ccc(Cn3nc(-c4ccccc4)cc3-c3ccccc3)cc2)c(N)n1. The van der Waals surface area contributed by atoms with E-state index in [9.17, 15) is 4.79 Å². The second-order valence-corrected chi connectivity index (χ2v) is 10.5. The number of nitrogen functional groups attached to an aromatic ring is 1. The summed E-state index contributed by atoms with van der Waals surface area (Å²) in [5.41, 5.74) is 13.7. The summed E-state index contributed by atoms with van der Waals surface area (Å²) in [6.07, 6.45) is 1.70. The minimum Gasteiger partial charge on any atom is -0.383 e. The zero-order chi connectivity index (χ0) is 29.6. The standard InChI is InChI=1S/C36H32N6O/c1-26-38-22-32(35(37)39-26)25-41(23-27-11-5-2-6-12-27)36(43)31-19-17-28(18-20-31)24-42-34(30-15-9-4-10-16-30)21-33(40-42)29-13-7-3-8-14-29/h2-22H,23-25H2,1H3,(H2,37,38,39). The predicted octanol–water partition coefficient (Wildman–Crippen LogP) is 6.79. The lowest BCUT2D eigenvalue weighted by molar-refractivity contribution is 0.0730. The van der Waals surface area contributed by atoms with Crippen molar-refractivity contribution in [1.82, 2.24) is 24.6 Å². The molecule has 2 heterocycles. The number of benzene rings is 4. The van der Waals surface area contributed by atoms with E-state index < -0.39 is 0 Å². The van der Waals surface area contributed by atoms with Gasteiger partial charge in [0.1, 0.15) is 11.6 Å². The van der Waals surface area contributed by atoms with Crippen molar-refractivity contribution < 1.29 is 4.79 Å². The minimum absolute atomic E-state index is 0.0918. The number of carbonyl (C=O) groups is 1. The van der Waals surface area contributed by atoms with Crippen LogP contribution in [0.15, 0.2) is 128 Å². The van der Waals surface area contributed by atoms with Gasteiger partial charge in [0, 0.05) is 29.4 Å². The maximum Gasteiger partial charge on any atom is 0.254 e. The van der Waals surface area contributed by atoms with Gasteiger partial charge in [-0.25, -0.2) is 9.97 Å². The fourth-order valence-corrected chi connectivity index (χ4v) is 5.08. The molecule has 0 aliphatic heterocycles. The fourth-order valence-electron chi connectivity index (χ4n) is 5.08. The number of amides is 1. The third kappa shape index (κ3) is 6.52. The smallest absolute Gasteiger partial charge is 0.254 e. The number of aromatic nitrogens is 4. The molecule has 2 N–H and O–H groups in total. The average Bonchev–Trinajstić information content (AvgIpc) is 3.47. The van der Waals surface area contributed by atoms with E-state index in [2.05, 4.69) is 40.3 Å². The van der Waals surface area contributed by atoms with E-state index in [-0.39, 0.29) is 5.91 Å². The Bertz CT molecular complexity index is 1820. The van der Waals surface area contributed by atoms with Crippen molar-refractivity contribution in [1.29, 1.82) is 0 Å². The number of anilines is 1. The lowest BCUT2D eigenvalue weighted by Crippen LogP contribution is -2.30. The van der Waals surface area contributed by atoms with Gasteiger partial charge in [0.25, 0.3) is 5.91 Å². The van der Waals surface area contributed by atoms with Gasteiger partial charge in [-0.2, -0.15) is 5.10 Å². The highest BCUT2D eigenvalue weighted by Gasteiger charge is 2.19. The second kappa shape index (κ2) is 12.5. The van der Waals surface area contributed by atoms with E-state index in [1.165, 1.54) is 0 Å². The summed E-state index contributed by atoms with van der Waals surface area (Å²) in [7, 11) is 0. The lowest BCUT2D eigenvalue weighted by atomic mass is 10.1. The van der Waals surface area contributed by atoms with Gasteiger partial charge in [-0.05, 0) is 41.8 Å². The van der Waals surface area contributed by atoms with E-state index in [4.69, 9.17) is 10.8 Å². The molecule has 2 aromatic heterocycles. The zero-order valence-corrected chi connectivity index (χ0v) is 24.0. The Morgan fingerprint density at radius 2 is 1.40 bits per heavy atom. The van der Waals surface area contributed by atoms with E-state index >= 15 is 0 Å². The first kappa shape index (κ1) is 27.6. The maximum atomic E-state index is 13.8. The lowest BCUT2D eigenvalue weighted by Gasteiger charge is -2.24. The van der Waals surface area contributed by atoms with Crippen molar-refractivity contribution in [2.24, 2.45) is 0 Å². The van der Waals surface area contributed by atoms with Gasteiger partial charge in [-0.15, -0.1) is 0 Å². The van der Waals surface area contributed by atoms with Gasteiger partial charge in [-0.1, -0.05) is 103 Å². The minimum atomic E-state index is -0.0918. The Morgan fingerprint density at radius 1 is 0.767 bits per heavy atom. The highest BCUT2D eigenvalue weighted by Crippen LogP contribution is 2.27.